The number of hydrogen-bond donors (Lipinski definition) is 0. The number of fused-ring (bicyclic) bond motifs is 6. The SMILES string of the molecule is CCOc1ccccc1C1CC(=S)Cc2cc3c(cc21)OCO3.CCOc1ccccc1[C@@H]1CC(=S)Cc2cc3c(cc21)OCO3.CCOc1ccccc1[C@H]1CC(=S)Cc2cc3c(cc21)OCO3. The molecular formula is C57H54O9S3. The minimum atomic E-state index is 0.212. The topological polar surface area (TPSA) is 83.1 Å². The molecule has 3 atom stereocenters. The molecule has 12 rings (SSSR count). The zero-order valence-electron chi connectivity index (χ0n) is 39.0. The molecule has 0 amide bonds. The van der Waals surface area contributed by atoms with Crippen molar-refractivity contribution in [3.63, 3.8) is 0 Å². The molecule has 3 heterocycles. The highest BCUT2D eigenvalue weighted by Gasteiger charge is 2.33. The largest absolute Gasteiger partial charge is 0.494 e. The van der Waals surface area contributed by atoms with E-state index in [0.717, 1.165) is 105 Å². The first-order valence-electron chi connectivity index (χ1n) is 23.8. The van der Waals surface area contributed by atoms with Crippen molar-refractivity contribution < 1.29 is 42.6 Å². The number of para-hydroxylation sites is 3. The van der Waals surface area contributed by atoms with Crippen molar-refractivity contribution in [1.29, 1.82) is 0 Å². The molecule has 6 aromatic carbocycles. The summed E-state index contributed by atoms with van der Waals surface area (Å²) in [5, 5.41) is 0. The van der Waals surface area contributed by atoms with Crippen LogP contribution in [0.5, 0.6) is 51.7 Å². The molecule has 0 aromatic heterocycles. The molecule has 69 heavy (non-hydrogen) atoms. The Balaban J connectivity index is 0.000000120. The molecule has 354 valence electrons. The van der Waals surface area contributed by atoms with E-state index in [9.17, 15) is 0 Å². The average Bonchev–Trinajstić information content (AvgIpc) is 4.14. The maximum absolute atomic E-state index is 5.83. The third kappa shape index (κ3) is 9.84. The summed E-state index contributed by atoms with van der Waals surface area (Å²) in [5.74, 6) is 8.41. The van der Waals surface area contributed by atoms with Crippen LogP contribution in [0.2, 0.25) is 0 Å². The standard InChI is InChI=1S/3C19H18O3S/c3*1-2-20-17-6-4-3-5-14(17)16-9-13(23)7-12-8-18-19(10-15(12)16)22-11-21-18/h3*3-6,8,10,16H,2,7,9,11H2,1H3/t2*16-;/m10./s1. The van der Waals surface area contributed by atoms with E-state index in [1.807, 2.05) is 57.2 Å². The van der Waals surface area contributed by atoms with E-state index in [4.69, 9.17) is 79.3 Å². The highest BCUT2D eigenvalue weighted by atomic mass is 32.1. The van der Waals surface area contributed by atoms with Crippen LogP contribution < -0.4 is 42.6 Å². The van der Waals surface area contributed by atoms with E-state index in [0.29, 0.717) is 40.2 Å². The summed E-state index contributed by atoms with van der Waals surface area (Å²) in [6.45, 7) is 8.87. The normalized spacial score (nSPS) is 18.7. The predicted molar refractivity (Wildman–Crippen MR) is 279 cm³/mol. The first-order chi connectivity index (χ1) is 33.8. The van der Waals surface area contributed by atoms with Gasteiger partial charge in [0, 0.05) is 53.7 Å². The Hall–Kier alpha value is -6.21. The van der Waals surface area contributed by atoms with Gasteiger partial charge >= 0.3 is 0 Å². The monoisotopic (exact) mass is 978 g/mol. The van der Waals surface area contributed by atoms with Gasteiger partial charge in [-0.15, -0.1) is 0 Å². The van der Waals surface area contributed by atoms with Crippen molar-refractivity contribution in [2.75, 3.05) is 40.2 Å². The van der Waals surface area contributed by atoms with E-state index in [-0.39, 0.29) is 17.8 Å². The maximum atomic E-state index is 5.83. The molecule has 0 fully saturated rings. The minimum absolute atomic E-state index is 0.212. The van der Waals surface area contributed by atoms with Gasteiger partial charge in [0.15, 0.2) is 34.5 Å². The Kier molecular flexibility index (Phi) is 14.0. The number of ether oxygens (including phenoxy) is 9. The third-order valence-electron chi connectivity index (χ3n) is 13.3. The Morgan fingerprint density at radius 1 is 0.377 bits per heavy atom. The lowest BCUT2D eigenvalue weighted by Crippen LogP contribution is -2.18. The van der Waals surface area contributed by atoms with Gasteiger partial charge in [-0.25, -0.2) is 0 Å². The summed E-state index contributed by atoms with van der Waals surface area (Å²) in [6, 6.07) is 37.3. The van der Waals surface area contributed by atoms with Crippen LogP contribution in [0, 0.1) is 0 Å². The molecule has 6 aliphatic rings. The molecule has 1 unspecified atom stereocenters. The smallest absolute Gasteiger partial charge is 0.231 e. The molecular weight excluding hydrogens is 925 g/mol. The molecule has 0 spiro atoms. The van der Waals surface area contributed by atoms with Crippen LogP contribution in [0.4, 0.5) is 0 Å². The van der Waals surface area contributed by atoms with Gasteiger partial charge in [-0.3, -0.25) is 0 Å². The van der Waals surface area contributed by atoms with E-state index in [1.165, 1.54) is 50.1 Å². The van der Waals surface area contributed by atoms with Crippen molar-refractivity contribution >= 4 is 51.2 Å². The summed E-state index contributed by atoms with van der Waals surface area (Å²) in [7, 11) is 0. The summed E-state index contributed by atoms with van der Waals surface area (Å²) in [4.78, 5) is 3.23. The fourth-order valence-corrected chi connectivity index (χ4v) is 11.3. The molecule has 6 aromatic rings. The van der Waals surface area contributed by atoms with Crippen LogP contribution >= 0.6 is 36.7 Å². The Bertz CT molecular complexity index is 2620. The molecule has 0 bridgehead atoms. The zero-order valence-corrected chi connectivity index (χ0v) is 41.5. The second-order valence-electron chi connectivity index (χ2n) is 17.5. The van der Waals surface area contributed by atoms with E-state index in [2.05, 4.69) is 72.8 Å². The van der Waals surface area contributed by atoms with Gasteiger partial charge in [-0.1, -0.05) is 91.3 Å². The van der Waals surface area contributed by atoms with E-state index < -0.39 is 0 Å². The van der Waals surface area contributed by atoms with Crippen LogP contribution in [0.15, 0.2) is 109 Å². The Labute approximate surface area is 419 Å². The lowest BCUT2D eigenvalue weighted by atomic mass is 9.78. The number of rotatable bonds is 9. The molecule has 12 heteroatoms. The van der Waals surface area contributed by atoms with Crippen LogP contribution in [0.25, 0.3) is 0 Å². The minimum Gasteiger partial charge on any atom is -0.494 e. The summed E-state index contributed by atoms with van der Waals surface area (Å²) >= 11 is 16.7. The molecule has 0 saturated carbocycles. The number of benzene rings is 6. The van der Waals surface area contributed by atoms with E-state index >= 15 is 0 Å². The molecule has 3 aliphatic heterocycles. The molecule has 0 radical (unpaired) electrons. The molecule has 0 saturated heterocycles. The Morgan fingerprint density at radius 2 is 0.638 bits per heavy atom. The average molecular weight is 979 g/mol. The number of thiocarbonyl (C=S) groups is 3. The quantitative estimate of drug-likeness (QED) is 0.129. The first-order valence-corrected chi connectivity index (χ1v) is 25.0. The predicted octanol–water partition coefficient (Wildman–Crippen LogP) is 12.8. The fourth-order valence-electron chi connectivity index (χ4n) is 10.3. The van der Waals surface area contributed by atoms with Crippen molar-refractivity contribution in [3.05, 3.63) is 159 Å². The Morgan fingerprint density at radius 3 is 0.913 bits per heavy atom. The second-order valence-corrected chi connectivity index (χ2v) is 19.3. The van der Waals surface area contributed by atoms with Crippen molar-refractivity contribution in [3.8, 4) is 51.7 Å². The molecule has 3 aliphatic carbocycles. The lowest BCUT2D eigenvalue weighted by molar-refractivity contribution is 0.173. The lowest BCUT2D eigenvalue weighted by Gasteiger charge is -2.28. The van der Waals surface area contributed by atoms with Crippen molar-refractivity contribution in [2.45, 2.75) is 77.0 Å². The van der Waals surface area contributed by atoms with Crippen LogP contribution in [0.3, 0.4) is 0 Å². The van der Waals surface area contributed by atoms with Gasteiger partial charge < -0.3 is 42.6 Å². The van der Waals surface area contributed by atoms with Gasteiger partial charge in [0.25, 0.3) is 0 Å². The second kappa shape index (κ2) is 20.8. The molecule has 0 N–H and O–H groups in total. The molecule has 9 nitrogen and oxygen atoms in total. The maximum Gasteiger partial charge on any atom is 0.231 e. The highest BCUT2D eigenvalue weighted by molar-refractivity contribution is 7.80. The van der Waals surface area contributed by atoms with Gasteiger partial charge in [0.2, 0.25) is 20.4 Å². The van der Waals surface area contributed by atoms with Gasteiger partial charge in [0.1, 0.15) is 17.2 Å². The first kappa shape index (κ1) is 46.5. The van der Waals surface area contributed by atoms with Gasteiger partial charge in [0.05, 0.1) is 19.8 Å². The number of hydrogen-bond acceptors (Lipinski definition) is 12. The van der Waals surface area contributed by atoms with Crippen molar-refractivity contribution in [2.24, 2.45) is 0 Å². The fraction of sp³-hybridized carbons (Fsp3) is 0.316. The van der Waals surface area contributed by atoms with Gasteiger partial charge in [-0.2, -0.15) is 0 Å². The van der Waals surface area contributed by atoms with Crippen LogP contribution in [-0.4, -0.2) is 54.8 Å². The summed E-state index contributed by atoms with van der Waals surface area (Å²) in [6.07, 6.45) is 5.09. The van der Waals surface area contributed by atoms with Crippen LogP contribution in [0.1, 0.15) is 108 Å². The van der Waals surface area contributed by atoms with Crippen LogP contribution in [-0.2, 0) is 19.3 Å². The van der Waals surface area contributed by atoms with Gasteiger partial charge in [-0.05, 0) is 143 Å². The zero-order chi connectivity index (χ0) is 47.4. The van der Waals surface area contributed by atoms with E-state index in [1.54, 1.807) is 0 Å². The van der Waals surface area contributed by atoms with Crippen molar-refractivity contribution in [1.82, 2.24) is 0 Å². The third-order valence-corrected chi connectivity index (χ3v) is 14.2. The summed E-state index contributed by atoms with van der Waals surface area (Å²) in [5.41, 5.74) is 11.1. The highest BCUT2D eigenvalue weighted by Crippen LogP contribution is 2.48. The summed E-state index contributed by atoms with van der Waals surface area (Å²) < 4.78 is 50.7.